The minimum absolute atomic E-state index is 0. The summed E-state index contributed by atoms with van der Waals surface area (Å²) < 4.78 is 23.1. The van der Waals surface area contributed by atoms with Crippen LogP contribution in [0.25, 0.3) is 0 Å². The minimum atomic E-state index is -3.18. The predicted octanol–water partition coefficient (Wildman–Crippen LogP) is 1.39. The van der Waals surface area contributed by atoms with Gasteiger partial charge < -0.3 is 15.5 Å². The lowest BCUT2D eigenvalue weighted by atomic mass is 9.79. The zero-order valence-electron chi connectivity index (χ0n) is 15.7. The molecule has 2 N–H and O–H groups in total. The number of hydrogen-bond acceptors (Lipinski definition) is 4. The Balaban J connectivity index is 0.00000261. The van der Waals surface area contributed by atoms with Crippen LogP contribution in [0.1, 0.15) is 24.8 Å². The SMILES string of the molecule is CN=C(NCc1ccc(S(C)(=O)=O)cc1)N1CCCC2(CNC(=O)C2)C1.I. The van der Waals surface area contributed by atoms with Crippen LogP contribution in [0.15, 0.2) is 34.2 Å². The van der Waals surface area contributed by atoms with Gasteiger partial charge in [-0.25, -0.2) is 8.42 Å². The van der Waals surface area contributed by atoms with Crippen LogP contribution < -0.4 is 10.6 Å². The lowest BCUT2D eigenvalue weighted by molar-refractivity contribution is -0.119. The number of nitrogens with zero attached hydrogens (tertiary/aromatic N) is 2. The number of likely N-dealkylation sites (tertiary alicyclic amines) is 1. The van der Waals surface area contributed by atoms with Crippen molar-refractivity contribution in [1.82, 2.24) is 15.5 Å². The first kappa shape index (κ1) is 21.9. The van der Waals surface area contributed by atoms with Crippen molar-refractivity contribution in [2.24, 2.45) is 10.4 Å². The number of rotatable bonds is 3. The molecule has 1 aromatic rings. The van der Waals surface area contributed by atoms with Gasteiger partial charge in [0, 0.05) is 51.3 Å². The smallest absolute Gasteiger partial charge is 0.220 e. The quantitative estimate of drug-likeness (QED) is 0.368. The number of hydrogen-bond donors (Lipinski definition) is 2. The van der Waals surface area contributed by atoms with Crippen molar-refractivity contribution in [2.75, 3.05) is 32.9 Å². The molecule has 2 fully saturated rings. The molecule has 0 radical (unpaired) electrons. The van der Waals surface area contributed by atoms with Gasteiger partial charge in [0.1, 0.15) is 0 Å². The van der Waals surface area contributed by atoms with Crippen LogP contribution in [0.2, 0.25) is 0 Å². The molecule has 1 aromatic carbocycles. The fourth-order valence-corrected chi connectivity index (χ4v) is 4.43. The monoisotopic (exact) mass is 506 g/mol. The van der Waals surface area contributed by atoms with Crippen molar-refractivity contribution in [1.29, 1.82) is 0 Å². The number of piperidine rings is 1. The van der Waals surface area contributed by atoms with E-state index in [9.17, 15) is 13.2 Å². The van der Waals surface area contributed by atoms with Gasteiger partial charge in [0.05, 0.1) is 4.90 Å². The third-order valence-corrected chi connectivity index (χ3v) is 6.30. The maximum atomic E-state index is 11.7. The maximum Gasteiger partial charge on any atom is 0.220 e. The second-order valence-electron chi connectivity index (χ2n) is 7.30. The second-order valence-corrected chi connectivity index (χ2v) is 9.31. The van der Waals surface area contributed by atoms with Gasteiger partial charge in [-0.05, 0) is 30.5 Å². The molecule has 7 nitrogen and oxygen atoms in total. The summed E-state index contributed by atoms with van der Waals surface area (Å²) in [6, 6.07) is 6.88. The van der Waals surface area contributed by atoms with Crippen LogP contribution in [-0.2, 0) is 21.2 Å². The Morgan fingerprint density at radius 3 is 2.59 bits per heavy atom. The first-order valence-corrected chi connectivity index (χ1v) is 10.7. The third-order valence-electron chi connectivity index (χ3n) is 5.17. The van der Waals surface area contributed by atoms with E-state index in [0.717, 1.165) is 44.0 Å². The van der Waals surface area contributed by atoms with E-state index in [1.54, 1.807) is 19.2 Å². The highest BCUT2D eigenvalue weighted by molar-refractivity contribution is 14.0. The largest absolute Gasteiger partial charge is 0.355 e. The molecule has 9 heteroatoms. The normalized spacial score (nSPS) is 23.1. The highest BCUT2D eigenvalue weighted by Gasteiger charge is 2.42. The number of carbonyl (C=O) groups excluding carboxylic acids is 1. The summed E-state index contributed by atoms with van der Waals surface area (Å²) in [4.78, 5) is 18.6. The molecule has 2 aliphatic rings. The molecule has 1 unspecified atom stereocenters. The first-order chi connectivity index (χ1) is 12.3. The molecule has 0 saturated carbocycles. The van der Waals surface area contributed by atoms with Crippen LogP contribution >= 0.6 is 24.0 Å². The number of benzene rings is 1. The van der Waals surface area contributed by atoms with Gasteiger partial charge in [-0.1, -0.05) is 12.1 Å². The van der Waals surface area contributed by atoms with Gasteiger partial charge in [-0.3, -0.25) is 9.79 Å². The Hall–Kier alpha value is -1.36. The molecular weight excluding hydrogens is 479 g/mol. The lowest BCUT2D eigenvalue weighted by Gasteiger charge is -2.40. The number of sulfone groups is 1. The Labute approximate surface area is 177 Å². The summed E-state index contributed by atoms with van der Waals surface area (Å²) in [5, 5.41) is 6.31. The standard InChI is InChI=1S/C18H26N4O3S.HI/c1-19-17(20-11-14-4-6-15(7-5-14)26(2,24)25)22-9-3-8-18(13-22)10-16(23)21-12-18;/h4-7H,3,8-13H2,1-2H3,(H,19,20)(H,21,23);1H. The number of guanidine groups is 1. The van der Waals surface area contributed by atoms with Crippen LogP contribution in [0.5, 0.6) is 0 Å². The Kier molecular flexibility index (Phi) is 7.12. The third kappa shape index (κ3) is 5.34. The minimum Gasteiger partial charge on any atom is -0.355 e. The van der Waals surface area contributed by atoms with E-state index in [1.165, 1.54) is 6.26 Å². The summed E-state index contributed by atoms with van der Waals surface area (Å²) in [6.07, 6.45) is 3.90. The molecule has 2 heterocycles. The maximum absolute atomic E-state index is 11.7. The first-order valence-electron chi connectivity index (χ1n) is 8.83. The molecule has 1 amide bonds. The van der Waals surface area contributed by atoms with Gasteiger partial charge >= 0.3 is 0 Å². The van der Waals surface area contributed by atoms with Crippen LogP contribution in [-0.4, -0.2) is 58.1 Å². The molecular formula is C18H27IN4O3S. The van der Waals surface area contributed by atoms with E-state index in [-0.39, 0.29) is 35.3 Å². The fraction of sp³-hybridized carbons (Fsp3) is 0.556. The van der Waals surface area contributed by atoms with Gasteiger partial charge in [0.2, 0.25) is 5.91 Å². The zero-order chi connectivity index (χ0) is 18.8. The molecule has 0 aromatic heterocycles. The Morgan fingerprint density at radius 2 is 2.04 bits per heavy atom. The lowest BCUT2D eigenvalue weighted by Crippen LogP contribution is -2.51. The van der Waals surface area contributed by atoms with E-state index >= 15 is 0 Å². The van der Waals surface area contributed by atoms with Crippen molar-refractivity contribution >= 4 is 45.7 Å². The van der Waals surface area contributed by atoms with Gasteiger partial charge in [0.15, 0.2) is 15.8 Å². The molecule has 3 rings (SSSR count). The predicted molar refractivity (Wildman–Crippen MR) is 116 cm³/mol. The summed E-state index contributed by atoms with van der Waals surface area (Å²) in [7, 11) is -1.42. The van der Waals surface area contributed by atoms with E-state index < -0.39 is 9.84 Å². The van der Waals surface area contributed by atoms with Gasteiger partial charge in [0.25, 0.3) is 0 Å². The van der Waals surface area contributed by atoms with E-state index in [4.69, 9.17) is 0 Å². The number of carbonyl (C=O) groups is 1. The molecule has 1 atom stereocenters. The Bertz CT molecular complexity index is 810. The van der Waals surface area contributed by atoms with Gasteiger partial charge in [-0.15, -0.1) is 24.0 Å². The molecule has 1 spiro atoms. The summed E-state index contributed by atoms with van der Waals surface area (Å²) in [5.74, 6) is 0.955. The molecule has 2 aliphatic heterocycles. The highest BCUT2D eigenvalue weighted by atomic mass is 127. The second kappa shape index (κ2) is 8.76. The van der Waals surface area contributed by atoms with E-state index in [1.807, 2.05) is 12.1 Å². The van der Waals surface area contributed by atoms with E-state index in [0.29, 0.717) is 17.9 Å². The molecule has 2 saturated heterocycles. The fourth-order valence-electron chi connectivity index (χ4n) is 3.80. The van der Waals surface area contributed by atoms with Crippen molar-refractivity contribution < 1.29 is 13.2 Å². The zero-order valence-corrected chi connectivity index (χ0v) is 18.8. The van der Waals surface area contributed by atoms with Crippen LogP contribution in [0.4, 0.5) is 0 Å². The molecule has 150 valence electrons. The highest BCUT2D eigenvalue weighted by Crippen LogP contribution is 2.35. The average molecular weight is 506 g/mol. The van der Waals surface area contributed by atoms with Crippen LogP contribution in [0, 0.1) is 5.41 Å². The average Bonchev–Trinajstić information content (AvgIpc) is 2.95. The summed E-state index contributed by atoms with van der Waals surface area (Å²) in [5.41, 5.74) is 1.01. The number of halogens is 1. The van der Waals surface area contributed by atoms with Crippen molar-refractivity contribution in [3.05, 3.63) is 29.8 Å². The molecule has 27 heavy (non-hydrogen) atoms. The van der Waals surface area contributed by atoms with Gasteiger partial charge in [-0.2, -0.15) is 0 Å². The number of aliphatic imine (C=N–C) groups is 1. The number of amides is 1. The Morgan fingerprint density at radius 1 is 1.33 bits per heavy atom. The topological polar surface area (TPSA) is 90.9 Å². The van der Waals surface area contributed by atoms with Crippen LogP contribution in [0.3, 0.4) is 0 Å². The summed E-state index contributed by atoms with van der Waals surface area (Å²) in [6.45, 7) is 3.05. The van der Waals surface area contributed by atoms with Crippen molar-refractivity contribution in [2.45, 2.75) is 30.7 Å². The summed E-state index contributed by atoms with van der Waals surface area (Å²) >= 11 is 0. The molecule has 0 aliphatic carbocycles. The van der Waals surface area contributed by atoms with E-state index in [2.05, 4.69) is 20.5 Å². The van der Waals surface area contributed by atoms with Crippen molar-refractivity contribution in [3.63, 3.8) is 0 Å². The number of nitrogens with one attached hydrogen (secondary N) is 2. The van der Waals surface area contributed by atoms with Crippen molar-refractivity contribution in [3.8, 4) is 0 Å². The molecule has 0 bridgehead atoms.